The van der Waals surface area contributed by atoms with Crippen molar-refractivity contribution in [3.05, 3.63) is 53.6 Å². The lowest BCUT2D eigenvalue weighted by molar-refractivity contribution is -0.118. The van der Waals surface area contributed by atoms with Gasteiger partial charge in [0.15, 0.2) is 6.61 Å². The van der Waals surface area contributed by atoms with Crippen LogP contribution in [0.15, 0.2) is 53.4 Å². The molecule has 6 nitrogen and oxygen atoms in total. The second kappa shape index (κ2) is 9.41. The zero-order valence-corrected chi connectivity index (χ0v) is 17.0. The third kappa shape index (κ3) is 5.25. The first kappa shape index (κ1) is 20.6. The average molecular weight is 423 g/mol. The van der Waals surface area contributed by atoms with Gasteiger partial charge >= 0.3 is 0 Å². The molecule has 0 bridgehead atoms. The molecule has 1 fully saturated rings. The van der Waals surface area contributed by atoms with E-state index in [1.165, 1.54) is 12.1 Å². The van der Waals surface area contributed by atoms with Crippen LogP contribution in [0.2, 0.25) is 5.02 Å². The minimum atomic E-state index is -3.50. The van der Waals surface area contributed by atoms with Crippen molar-refractivity contribution in [3.63, 3.8) is 0 Å². The molecule has 1 aliphatic heterocycles. The molecule has 0 aliphatic carbocycles. The van der Waals surface area contributed by atoms with Crippen LogP contribution in [-0.4, -0.2) is 38.3 Å². The SMILES string of the molecule is O=C(COc1ccc(S(=O)(=O)N2CCCCCC2)cc1)Nc1ccccc1Cl. The summed E-state index contributed by atoms with van der Waals surface area (Å²) in [6.45, 7) is 0.912. The first-order chi connectivity index (χ1) is 13.5. The standard InChI is InChI=1S/C20H23ClN2O4S/c21-18-7-3-4-8-19(18)22-20(24)15-27-16-9-11-17(12-10-16)28(25,26)23-13-5-1-2-6-14-23/h3-4,7-12H,1-2,5-6,13-15H2,(H,22,24). The quantitative estimate of drug-likeness (QED) is 0.765. The Morgan fingerprint density at radius 1 is 1.00 bits per heavy atom. The van der Waals surface area contributed by atoms with E-state index in [1.807, 2.05) is 0 Å². The summed E-state index contributed by atoms with van der Waals surface area (Å²) >= 11 is 6.00. The highest BCUT2D eigenvalue weighted by molar-refractivity contribution is 7.89. The number of carbonyl (C=O) groups is 1. The van der Waals surface area contributed by atoms with Gasteiger partial charge in [-0.1, -0.05) is 36.6 Å². The molecule has 2 aromatic carbocycles. The van der Waals surface area contributed by atoms with Crippen molar-refractivity contribution in [2.75, 3.05) is 25.0 Å². The molecule has 1 saturated heterocycles. The number of halogens is 1. The van der Waals surface area contributed by atoms with Crippen molar-refractivity contribution in [3.8, 4) is 5.75 Å². The summed E-state index contributed by atoms with van der Waals surface area (Å²) in [5.41, 5.74) is 0.511. The Hall–Kier alpha value is -2.09. The van der Waals surface area contributed by atoms with E-state index in [0.29, 0.717) is 29.5 Å². The number of carbonyl (C=O) groups excluding carboxylic acids is 1. The number of hydrogen-bond acceptors (Lipinski definition) is 4. The van der Waals surface area contributed by atoms with Gasteiger partial charge in [-0.3, -0.25) is 4.79 Å². The van der Waals surface area contributed by atoms with Crippen molar-refractivity contribution in [2.24, 2.45) is 0 Å². The van der Waals surface area contributed by atoms with Gasteiger partial charge in [-0.2, -0.15) is 4.31 Å². The van der Waals surface area contributed by atoms with Crippen LogP contribution in [0, 0.1) is 0 Å². The second-order valence-electron chi connectivity index (χ2n) is 6.61. The molecule has 1 aliphatic rings. The van der Waals surface area contributed by atoms with Crippen LogP contribution in [0.1, 0.15) is 25.7 Å². The number of amides is 1. The normalized spacial score (nSPS) is 15.6. The van der Waals surface area contributed by atoms with Gasteiger partial charge in [0.2, 0.25) is 10.0 Å². The van der Waals surface area contributed by atoms with Crippen molar-refractivity contribution >= 4 is 33.2 Å². The van der Waals surface area contributed by atoms with Gasteiger partial charge in [-0.15, -0.1) is 0 Å². The molecule has 0 aromatic heterocycles. The molecule has 0 spiro atoms. The summed E-state index contributed by atoms with van der Waals surface area (Å²) in [7, 11) is -3.50. The van der Waals surface area contributed by atoms with E-state index in [0.717, 1.165) is 25.7 Å². The molecule has 1 N–H and O–H groups in total. The molecule has 1 amide bonds. The van der Waals surface area contributed by atoms with E-state index < -0.39 is 10.0 Å². The molecule has 3 rings (SSSR count). The lowest BCUT2D eigenvalue weighted by atomic mass is 10.2. The van der Waals surface area contributed by atoms with Crippen molar-refractivity contribution in [1.29, 1.82) is 0 Å². The Balaban J connectivity index is 1.58. The summed E-state index contributed by atoms with van der Waals surface area (Å²) in [5, 5.41) is 3.11. The molecular formula is C20H23ClN2O4S. The van der Waals surface area contributed by atoms with E-state index >= 15 is 0 Å². The number of rotatable bonds is 6. The maximum absolute atomic E-state index is 12.8. The van der Waals surface area contributed by atoms with Gasteiger partial charge in [0.1, 0.15) is 5.75 Å². The van der Waals surface area contributed by atoms with Crippen molar-refractivity contribution < 1.29 is 17.9 Å². The van der Waals surface area contributed by atoms with Crippen LogP contribution in [0.5, 0.6) is 5.75 Å². The summed E-state index contributed by atoms with van der Waals surface area (Å²) in [4.78, 5) is 12.2. The minimum absolute atomic E-state index is 0.205. The zero-order chi connectivity index (χ0) is 20.0. The monoisotopic (exact) mass is 422 g/mol. The Kier molecular flexibility index (Phi) is 6.93. The number of nitrogens with zero attached hydrogens (tertiary/aromatic N) is 1. The fourth-order valence-electron chi connectivity index (χ4n) is 3.04. The summed E-state index contributed by atoms with van der Waals surface area (Å²) in [6, 6.07) is 13.1. The number of para-hydroxylation sites is 1. The van der Waals surface area contributed by atoms with Crippen LogP contribution >= 0.6 is 11.6 Å². The molecule has 150 valence electrons. The van der Waals surface area contributed by atoms with E-state index in [2.05, 4.69) is 5.32 Å². The molecule has 0 saturated carbocycles. The van der Waals surface area contributed by atoms with E-state index in [-0.39, 0.29) is 17.4 Å². The average Bonchev–Trinajstić information content (AvgIpc) is 2.99. The molecule has 2 aromatic rings. The third-order valence-electron chi connectivity index (χ3n) is 4.54. The highest BCUT2D eigenvalue weighted by Crippen LogP contribution is 2.23. The number of sulfonamides is 1. The molecule has 0 radical (unpaired) electrons. The van der Waals surface area contributed by atoms with Crippen molar-refractivity contribution in [2.45, 2.75) is 30.6 Å². The predicted octanol–water partition coefficient (Wildman–Crippen LogP) is 3.92. The number of benzene rings is 2. The predicted molar refractivity (Wildman–Crippen MR) is 109 cm³/mol. The Morgan fingerprint density at radius 3 is 2.29 bits per heavy atom. The summed E-state index contributed by atoms with van der Waals surface area (Å²) in [5.74, 6) is 0.0680. The molecule has 8 heteroatoms. The van der Waals surface area contributed by atoms with Crippen LogP contribution in [0.25, 0.3) is 0 Å². The lowest BCUT2D eigenvalue weighted by Crippen LogP contribution is -2.31. The van der Waals surface area contributed by atoms with Gasteiger partial charge in [0.05, 0.1) is 15.6 Å². The first-order valence-corrected chi connectivity index (χ1v) is 11.1. The van der Waals surface area contributed by atoms with Crippen LogP contribution < -0.4 is 10.1 Å². The maximum Gasteiger partial charge on any atom is 0.262 e. The van der Waals surface area contributed by atoms with Gasteiger partial charge in [0.25, 0.3) is 5.91 Å². The fraction of sp³-hybridized carbons (Fsp3) is 0.350. The molecule has 1 heterocycles. The number of ether oxygens (including phenoxy) is 1. The van der Waals surface area contributed by atoms with Crippen LogP contribution in [-0.2, 0) is 14.8 Å². The Labute approximate surface area is 170 Å². The van der Waals surface area contributed by atoms with Gasteiger partial charge in [0, 0.05) is 13.1 Å². The summed E-state index contributed by atoms with van der Waals surface area (Å²) < 4.78 is 32.5. The van der Waals surface area contributed by atoms with Crippen LogP contribution in [0.4, 0.5) is 5.69 Å². The van der Waals surface area contributed by atoms with Crippen LogP contribution in [0.3, 0.4) is 0 Å². The van der Waals surface area contributed by atoms with E-state index in [4.69, 9.17) is 16.3 Å². The second-order valence-corrected chi connectivity index (χ2v) is 8.95. The topological polar surface area (TPSA) is 75.7 Å². The molecule has 0 atom stereocenters. The first-order valence-electron chi connectivity index (χ1n) is 9.24. The highest BCUT2D eigenvalue weighted by atomic mass is 35.5. The van der Waals surface area contributed by atoms with Gasteiger partial charge in [-0.05, 0) is 49.2 Å². The fourth-order valence-corrected chi connectivity index (χ4v) is 4.74. The number of hydrogen-bond donors (Lipinski definition) is 1. The largest absolute Gasteiger partial charge is 0.484 e. The lowest BCUT2D eigenvalue weighted by Gasteiger charge is -2.20. The zero-order valence-electron chi connectivity index (χ0n) is 15.4. The number of anilines is 1. The van der Waals surface area contributed by atoms with E-state index in [1.54, 1.807) is 40.7 Å². The molecule has 28 heavy (non-hydrogen) atoms. The third-order valence-corrected chi connectivity index (χ3v) is 6.79. The van der Waals surface area contributed by atoms with E-state index in [9.17, 15) is 13.2 Å². The smallest absolute Gasteiger partial charge is 0.262 e. The molecule has 0 unspecified atom stereocenters. The molecular weight excluding hydrogens is 400 g/mol. The number of nitrogens with one attached hydrogen (secondary N) is 1. The minimum Gasteiger partial charge on any atom is -0.484 e. The maximum atomic E-state index is 12.8. The Bertz CT molecular complexity index is 908. The van der Waals surface area contributed by atoms with Gasteiger partial charge in [-0.25, -0.2) is 8.42 Å². The Morgan fingerprint density at radius 2 is 1.64 bits per heavy atom. The summed E-state index contributed by atoms with van der Waals surface area (Å²) in [6.07, 6.45) is 3.91. The highest BCUT2D eigenvalue weighted by Gasteiger charge is 2.25. The van der Waals surface area contributed by atoms with Crippen molar-refractivity contribution in [1.82, 2.24) is 4.31 Å². The van der Waals surface area contributed by atoms with Gasteiger partial charge < -0.3 is 10.1 Å².